The predicted octanol–water partition coefficient (Wildman–Crippen LogP) is 3.88. The molecule has 0 radical (unpaired) electrons. The zero-order chi connectivity index (χ0) is 12.4. The summed E-state index contributed by atoms with van der Waals surface area (Å²) in [7, 11) is 0. The lowest BCUT2D eigenvalue weighted by Crippen LogP contribution is -2.43. The first kappa shape index (κ1) is 12.7. The zero-order valence-electron chi connectivity index (χ0n) is 11.5. The third-order valence-electron chi connectivity index (χ3n) is 5.48. The molecule has 0 aromatic carbocycles. The maximum atomic E-state index is 11.7. The lowest BCUT2D eigenvalue weighted by molar-refractivity contribution is -0.134. The number of ketones is 1. The molecule has 1 aliphatic heterocycles. The van der Waals surface area contributed by atoms with Crippen molar-refractivity contribution < 1.29 is 9.53 Å². The summed E-state index contributed by atoms with van der Waals surface area (Å²) in [6.07, 6.45) is 13.2. The van der Waals surface area contributed by atoms with E-state index in [1.165, 1.54) is 51.4 Å². The molecule has 1 spiro atoms. The summed E-state index contributed by atoms with van der Waals surface area (Å²) in [5, 5.41) is 0. The van der Waals surface area contributed by atoms with Crippen LogP contribution in [-0.2, 0) is 9.53 Å². The van der Waals surface area contributed by atoms with E-state index in [0.29, 0.717) is 11.7 Å². The highest BCUT2D eigenvalue weighted by Gasteiger charge is 2.41. The van der Waals surface area contributed by atoms with Crippen LogP contribution in [0.3, 0.4) is 0 Å². The predicted molar refractivity (Wildman–Crippen MR) is 71.5 cm³/mol. The first-order valence-corrected chi connectivity index (χ1v) is 7.93. The molecule has 102 valence electrons. The van der Waals surface area contributed by atoms with Gasteiger partial charge in [-0.15, -0.1) is 0 Å². The number of Topliss-reactive ketones (excluding diaryl/α,β-unsaturated/α-hetero) is 1. The summed E-state index contributed by atoms with van der Waals surface area (Å²) in [6, 6.07) is 0. The van der Waals surface area contributed by atoms with Crippen LogP contribution in [0.5, 0.6) is 0 Å². The third-order valence-corrected chi connectivity index (χ3v) is 5.48. The molecule has 0 bridgehead atoms. The van der Waals surface area contributed by atoms with Crippen molar-refractivity contribution in [2.24, 2.45) is 11.8 Å². The van der Waals surface area contributed by atoms with Crippen molar-refractivity contribution in [3.63, 3.8) is 0 Å². The minimum absolute atomic E-state index is 0.210. The van der Waals surface area contributed by atoms with E-state index in [0.717, 1.165) is 31.8 Å². The van der Waals surface area contributed by atoms with Crippen LogP contribution in [0.4, 0.5) is 0 Å². The zero-order valence-corrected chi connectivity index (χ0v) is 11.5. The summed E-state index contributed by atoms with van der Waals surface area (Å²) in [4.78, 5) is 11.7. The molecule has 2 heteroatoms. The molecule has 0 aromatic heterocycles. The highest BCUT2D eigenvalue weighted by atomic mass is 16.5. The van der Waals surface area contributed by atoms with Crippen LogP contribution in [0.25, 0.3) is 0 Å². The number of ether oxygens (including phenoxy) is 1. The van der Waals surface area contributed by atoms with Crippen molar-refractivity contribution in [1.82, 2.24) is 0 Å². The van der Waals surface area contributed by atoms with Crippen LogP contribution in [0.15, 0.2) is 0 Å². The number of carbonyl (C=O) groups excluding carboxylic acids is 1. The number of rotatable bonds is 1. The highest BCUT2D eigenvalue weighted by molar-refractivity contribution is 5.79. The van der Waals surface area contributed by atoms with Gasteiger partial charge in [-0.05, 0) is 50.4 Å². The van der Waals surface area contributed by atoms with Crippen LogP contribution in [-0.4, -0.2) is 18.0 Å². The van der Waals surface area contributed by atoms with Crippen LogP contribution >= 0.6 is 0 Å². The Morgan fingerprint density at radius 3 is 2.61 bits per heavy atom. The lowest BCUT2D eigenvalue weighted by Gasteiger charge is -2.46. The van der Waals surface area contributed by atoms with Gasteiger partial charge in [0.15, 0.2) is 0 Å². The fraction of sp³-hybridized carbons (Fsp3) is 0.938. The standard InChI is InChI=1S/C16H26O2/c17-15-6-4-5-13(11-15)14-7-10-18-16(12-14)8-2-1-3-9-16/h13-14H,1-12H2. The Morgan fingerprint density at radius 1 is 1.00 bits per heavy atom. The smallest absolute Gasteiger partial charge is 0.133 e. The second-order valence-corrected chi connectivity index (χ2v) is 6.74. The van der Waals surface area contributed by atoms with Crippen molar-refractivity contribution in [1.29, 1.82) is 0 Å². The molecule has 2 unspecified atom stereocenters. The van der Waals surface area contributed by atoms with Crippen LogP contribution in [0.2, 0.25) is 0 Å². The van der Waals surface area contributed by atoms with Crippen LogP contribution in [0, 0.1) is 11.8 Å². The van der Waals surface area contributed by atoms with Gasteiger partial charge in [0, 0.05) is 19.4 Å². The van der Waals surface area contributed by atoms with Gasteiger partial charge in [0.25, 0.3) is 0 Å². The molecule has 2 nitrogen and oxygen atoms in total. The van der Waals surface area contributed by atoms with Crippen molar-refractivity contribution in [2.75, 3.05) is 6.61 Å². The Balaban J connectivity index is 1.64. The Labute approximate surface area is 110 Å². The second-order valence-electron chi connectivity index (χ2n) is 6.74. The maximum Gasteiger partial charge on any atom is 0.133 e. The fourth-order valence-corrected chi connectivity index (χ4v) is 4.47. The van der Waals surface area contributed by atoms with Gasteiger partial charge < -0.3 is 4.74 Å². The van der Waals surface area contributed by atoms with Gasteiger partial charge in [0.1, 0.15) is 5.78 Å². The van der Waals surface area contributed by atoms with Gasteiger partial charge in [-0.25, -0.2) is 0 Å². The number of hydrogen-bond donors (Lipinski definition) is 0. The summed E-state index contributed by atoms with van der Waals surface area (Å²) in [5.74, 6) is 1.95. The normalized spacial score (nSPS) is 36.8. The fourth-order valence-electron chi connectivity index (χ4n) is 4.47. The molecular formula is C16H26O2. The molecule has 2 saturated carbocycles. The average Bonchev–Trinajstić information content (AvgIpc) is 2.40. The van der Waals surface area contributed by atoms with Crippen LogP contribution in [0.1, 0.15) is 70.6 Å². The average molecular weight is 250 g/mol. The summed E-state index contributed by atoms with van der Waals surface area (Å²) >= 11 is 0. The maximum absolute atomic E-state index is 11.7. The minimum atomic E-state index is 0.210. The molecule has 3 rings (SSSR count). The molecule has 1 heterocycles. The molecule has 2 aliphatic carbocycles. The molecular weight excluding hydrogens is 224 g/mol. The monoisotopic (exact) mass is 250 g/mol. The summed E-state index contributed by atoms with van der Waals surface area (Å²) in [6.45, 7) is 0.940. The molecule has 3 aliphatic rings. The van der Waals surface area contributed by atoms with Gasteiger partial charge in [-0.2, -0.15) is 0 Å². The highest BCUT2D eigenvalue weighted by Crippen LogP contribution is 2.45. The van der Waals surface area contributed by atoms with Gasteiger partial charge >= 0.3 is 0 Å². The van der Waals surface area contributed by atoms with Gasteiger partial charge in [-0.1, -0.05) is 19.3 Å². The Bertz CT molecular complexity index is 299. The van der Waals surface area contributed by atoms with Crippen molar-refractivity contribution in [3.8, 4) is 0 Å². The minimum Gasteiger partial charge on any atom is -0.375 e. The largest absolute Gasteiger partial charge is 0.375 e. The van der Waals surface area contributed by atoms with E-state index >= 15 is 0 Å². The first-order valence-electron chi connectivity index (χ1n) is 7.93. The SMILES string of the molecule is O=C1CCCC(C2CCOC3(CCCCC3)C2)C1. The van der Waals surface area contributed by atoms with E-state index in [-0.39, 0.29) is 5.60 Å². The lowest BCUT2D eigenvalue weighted by atomic mass is 9.69. The quantitative estimate of drug-likeness (QED) is 0.706. The van der Waals surface area contributed by atoms with E-state index in [4.69, 9.17) is 4.74 Å². The van der Waals surface area contributed by atoms with E-state index < -0.39 is 0 Å². The molecule has 3 fully saturated rings. The topological polar surface area (TPSA) is 26.3 Å². The molecule has 0 aromatic rings. The van der Waals surface area contributed by atoms with Crippen molar-refractivity contribution >= 4 is 5.78 Å². The molecule has 0 N–H and O–H groups in total. The van der Waals surface area contributed by atoms with E-state index in [1.807, 2.05) is 0 Å². The third kappa shape index (κ3) is 2.64. The Kier molecular flexibility index (Phi) is 3.74. The van der Waals surface area contributed by atoms with E-state index in [1.54, 1.807) is 0 Å². The second kappa shape index (κ2) is 5.32. The van der Waals surface area contributed by atoms with Gasteiger partial charge in [0.05, 0.1) is 5.60 Å². The van der Waals surface area contributed by atoms with Crippen LogP contribution < -0.4 is 0 Å². The molecule has 2 atom stereocenters. The number of carbonyl (C=O) groups is 1. The Hall–Kier alpha value is -0.370. The first-order chi connectivity index (χ1) is 8.77. The molecule has 18 heavy (non-hydrogen) atoms. The van der Waals surface area contributed by atoms with Gasteiger partial charge in [0.2, 0.25) is 0 Å². The van der Waals surface area contributed by atoms with E-state index in [9.17, 15) is 4.79 Å². The van der Waals surface area contributed by atoms with Gasteiger partial charge in [-0.3, -0.25) is 4.79 Å². The Morgan fingerprint density at radius 2 is 1.83 bits per heavy atom. The summed E-state index contributed by atoms with van der Waals surface area (Å²) in [5.41, 5.74) is 0.210. The van der Waals surface area contributed by atoms with E-state index in [2.05, 4.69) is 0 Å². The van der Waals surface area contributed by atoms with Crippen molar-refractivity contribution in [2.45, 2.75) is 76.2 Å². The molecule has 1 saturated heterocycles. The molecule has 0 amide bonds. The number of hydrogen-bond acceptors (Lipinski definition) is 2. The summed E-state index contributed by atoms with van der Waals surface area (Å²) < 4.78 is 6.17. The van der Waals surface area contributed by atoms with Crippen molar-refractivity contribution in [3.05, 3.63) is 0 Å².